The van der Waals surface area contributed by atoms with Crippen molar-refractivity contribution < 1.29 is 14.3 Å². The summed E-state index contributed by atoms with van der Waals surface area (Å²) in [5.41, 5.74) is 3.21. The van der Waals surface area contributed by atoms with Crippen molar-refractivity contribution in [1.29, 1.82) is 0 Å². The molecule has 2 aliphatic heterocycles. The lowest BCUT2D eigenvalue weighted by molar-refractivity contribution is -0.132. The predicted octanol–water partition coefficient (Wildman–Crippen LogP) is 0.726. The number of aromatic amines is 1. The number of ether oxygens (including phenoxy) is 1. The first-order valence-electron chi connectivity index (χ1n) is 10.9. The normalized spacial score (nSPS) is 16.7. The van der Waals surface area contributed by atoms with Gasteiger partial charge in [0.2, 0.25) is 5.91 Å². The highest BCUT2D eigenvalue weighted by Gasteiger charge is 2.28. The zero-order valence-electron chi connectivity index (χ0n) is 18.0. The SMILES string of the molecule is CN(CCN1CCOCC1)C(=O)c1n[nH]c2c1CCN(C(=O)CCc1ccccn1)C2. The Labute approximate surface area is 182 Å². The van der Waals surface area contributed by atoms with Crippen molar-refractivity contribution in [2.24, 2.45) is 0 Å². The Balaban J connectivity index is 1.30. The highest BCUT2D eigenvalue weighted by molar-refractivity contribution is 5.94. The molecule has 1 saturated heterocycles. The van der Waals surface area contributed by atoms with Crippen LogP contribution in [0.3, 0.4) is 0 Å². The van der Waals surface area contributed by atoms with Gasteiger partial charge in [0, 0.05) is 63.6 Å². The van der Waals surface area contributed by atoms with Crippen LogP contribution in [-0.4, -0.2) is 94.7 Å². The number of carbonyl (C=O) groups is 2. The number of carbonyl (C=O) groups excluding carboxylic acids is 2. The van der Waals surface area contributed by atoms with Crippen molar-refractivity contribution in [3.63, 3.8) is 0 Å². The fourth-order valence-corrected chi connectivity index (χ4v) is 4.05. The van der Waals surface area contributed by atoms with E-state index in [0.29, 0.717) is 44.6 Å². The van der Waals surface area contributed by atoms with Crippen LogP contribution in [0.15, 0.2) is 24.4 Å². The molecular weight excluding hydrogens is 396 g/mol. The third-order valence-electron chi connectivity index (χ3n) is 6.01. The number of hydrogen-bond donors (Lipinski definition) is 1. The van der Waals surface area contributed by atoms with Gasteiger partial charge in [-0.1, -0.05) is 6.07 Å². The number of H-pyrrole nitrogens is 1. The van der Waals surface area contributed by atoms with E-state index in [1.807, 2.05) is 30.1 Å². The number of nitrogens with one attached hydrogen (secondary N) is 1. The number of likely N-dealkylation sites (N-methyl/N-ethyl adjacent to an activating group) is 1. The van der Waals surface area contributed by atoms with E-state index < -0.39 is 0 Å². The van der Waals surface area contributed by atoms with Gasteiger partial charge in [-0.05, 0) is 25.0 Å². The Morgan fingerprint density at radius 1 is 1.23 bits per heavy atom. The molecule has 4 heterocycles. The average Bonchev–Trinajstić information content (AvgIpc) is 3.25. The summed E-state index contributed by atoms with van der Waals surface area (Å²) in [6.07, 6.45) is 3.44. The molecule has 31 heavy (non-hydrogen) atoms. The minimum atomic E-state index is -0.0688. The number of hydrogen-bond acceptors (Lipinski definition) is 6. The fourth-order valence-electron chi connectivity index (χ4n) is 4.05. The van der Waals surface area contributed by atoms with Crippen molar-refractivity contribution in [2.75, 3.05) is 53.0 Å². The van der Waals surface area contributed by atoms with Gasteiger partial charge in [-0.15, -0.1) is 0 Å². The van der Waals surface area contributed by atoms with Gasteiger partial charge in [-0.2, -0.15) is 5.10 Å². The molecule has 9 heteroatoms. The van der Waals surface area contributed by atoms with E-state index in [1.54, 1.807) is 11.1 Å². The molecule has 9 nitrogen and oxygen atoms in total. The number of rotatable bonds is 7. The summed E-state index contributed by atoms with van der Waals surface area (Å²) in [6, 6.07) is 5.74. The topological polar surface area (TPSA) is 94.7 Å². The second-order valence-corrected chi connectivity index (χ2v) is 8.10. The molecule has 166 valence electrons. The van der Waals surface area contributed by atoms with Crippen LogP contribution < -0.4 is 0 Å². The van der Waals surface area contributed by atoms with Crippen LogP contribution in [0.4, 0.5) is 0 Å². The molecule has 2 aliphatic rings. The number of fused-ring (bicyclic) bond motifs is 1. The summed E-state index contributed by atoms with van der Waals surface area (Å²) < 4.78 is 5.37. The van der Waals surface area contributed by atoms with Crippen LogP contribution in [0.5, 0.6) is 0 Å². The number of pyridine rings is 1. The lowest BCUT2D eigenvalue weighted by Gasteiger charge is -2.29. The Morgan fingerprint density at radius 3 is 2.84 bits per heavy atom. The zero-order valence-corrected chi connectivity index (χ0v) is 18.0. The molecule has 1 fully saturated rings. The Hall–Kier alpha value is -2.78. The van der Waals surface area contributed by atoms with Crippen molar-refractivity contribution in [1.82, 2.24) is 29.9 Å². The number of amides is 2. The van der Waals surface area contributed by atoms with E-state index in [4.69, 9.17) is 4.74 Å². The van der Waals surface area contributed by atoms with E-state index in [2.05, 4.69) is 20.1 Å². The van der Waals surface area contributed by atoms with Gasteiger partial charge in [0.1, 0.15) is 0 Å². The molecule has 0 aromatic carbocycles. The number of morpholine rings is 1. The van der Waals surface area contributed by atoms with Crippen LogP contribution in [0.25, 0.3) is 0 Å². The van der Waals surface area contributed by atoms with E-state index in [-0.39, 0.29) is 11.8 Å². The lowest BCUT2D eigenvalue weighted by atomic mass is 10.0. The summed E-state index contributed by atoms with van der Waals surface area (Å²) >= 11 is 0. The van der Waals surface area contributed by atoms with Crippen LogP contribution >= 0.6 is 0 Å². The molecule has 0 unspecified atom stereocenters. The first kappa shape index (κ1) is 21.5. The van der Waals surface area contributed by atoms with Crippen molar-refractivity contribution in [3.8, 4) is 0 Å². The maximum Gasteiger partial charge on any atom is 0.274 e. The summed E-state index contributed by atoms with van der Waals surface area (Å²) in [7, 11) is 1.82. The maximum atomic E-state index is 12.9. The molecule has 0 spiro atoms. The highest BCUT2D eigenvalue weighted by Crippen LogP contribution is 2.22. The van der Waals surface area contributed by atoms with E-state index in [1.165, 1.54) is 0 Å². The number of aromatic nitrogens is 3. The Morgan fingerprint density at radius 2 is 2.06 bits per heavy atom. The predicted molar refractivity (Wildman–Crippen MR) is 114 cm³/mol. The summed E-state index contributed by atoms with van der Waals surface area (Å²) in [4.78, 5) is 35.7. The minimum absolute atomic E-state index is 0.0688. The monoisotopic (exact) mass is 426 g/mol. The van der Waals surface area contributed by atoms with Crippen LogP contribution in [0.1, 0.15) is 33.9 Å². The van der Waals surface area contributed by atoms with E-state index in [0.717, 1.165) is 49.8 Å². The molecule has 2 amide bonds. The largest absolute Gasteiger partial charge is 0.379 e. The second-order valence-electron chi connectivity index (χ2n) is 8.10. The van der Waals surface area contributed by atoms with Gasteiger partial charge in [0.05, 0.1) is 25.5 Å². The van der Waals surface area contributed by atoms with Crippen molar-refractivity contribution in [2.45, 2.75) is 25.8 Å². The molecule has 1 N–H and O–H groups in total. The standard InChI is InChI=1S/C22H30N6O3/c1-26(10-11-27-12-14-31-15-13-27)22(30)21-18-7-9-28(16-19(18)24-25-21)20(29)6-5-17-4-2-3-8-23-17/h2-4,8H,5-7,9-16H2,1H3,(H,24,25). The highest BCUT2D eigenvalue weighted by atomic mass is 16.5. The molecule has 2 aromatic rings. The lowest BCUT2D eigenvalue weighted by Crippen LogP contribution is -2.42. The third kappa shape index (κ3) is 5.29. The molecule has 0 saturated carbocycles. The molecule has 2 aromatic heterocycles. The average molecular weight is 427 g/mol. The van der Waals surface area contributed by atoms with Gasteiger partial charge in [0.15, 0.2) is 5.69 Å². The molecule has 0 aliphatic carbocycles. The Bertz CT molecular complexity index is 894. The van der Waals surface area contributed by atoms with Crippen molar-refractivity contribution in [3.05, 3.63) is 47.0 Å². The molecular formula is C22H30N6O3. The molecule has 0 bridgehead atoms. The zero-order chi connectivity index (χ0) is 21.6. The number of nitrogens with zero attached hydrogens (tertiary/aromatic N) is 5. The smallest absolute Gasteiger partial charge is 0.274 e. The molecule has 4 rings (SSSR count). The van der Waals surface area contributed by atoms with Crippen LogP contribution in [0.2, 0.25) is 0 Å². The maximum absolute atomic E-state index is 12.9. The summed E-state index contributed by atoms with van der Waals surface area (Å²) in [5.74, 6) is 0.0297. The van der Waals surface area contributed by atoms with Gasteiger partial charge in [-0.3, -0.25) is 24.6 Å². The molecule has 0 atom stereocenters. The molecule has 0 radical (unpaired) electrons. The summed E-state index contributed by atoms with van der Waals surface area (Å²) in [6.45, 7) is 5.87. The quantitative estimate of drug-likeness (QED) is 0.701. The van der Waals surface area contributed by atoms with Crippen LogP contribution in [0, 0.1) is 0 Å². The number of aryl methyl sites for hydroxylation is 1. The van der Waals surface area contributed by atoms with Crippen LogP contribution in [-0.2, 0) is 28.9 Å². The van der Waals surface area contributed by atoms with Gasteiger partial charge < -0.3 is 14.5 Å². The third-order valence-corrected chi connectivity index (χ3v) is 6.01. The fraction of sp³-hybridized carbons (Fsp3) is 0.545. The van der Waals surface area contributed by atoms with Gasteiger partial charge in [-0.25, -0.2) is 0 Å². The van der Waals surface area contributed by atoms with Crippen molar-refractivity contribution >= 4 is 11.8 Å². The van der Waals surface area contributed by atoms with E-state index in [9.17, 15) is 9.59 Å². The summed E-state index contributed by atoms with van der Waals surface area (Å²) in [5, 5.41) is 7.30. The second kappa shape index (κ2) is 10.0. The minimum Gasteiger partial charge on any atom is -0.379 e. The first-order valence-corrected chi connectivity index (χ1v) is 10.9. The van der Waals surface area contributed by atoms with Gasteiger partial charge >= 0.3 is 0 Å². The van der Waals surface area contributed by atoms with Gasteiger partial charge in [0.25, 0.3) is 5.91 Å². The first-order chi connectivity index (χ1) is 15.1. The Kier molecular flexibility index (Phi) is 6.93. The van der Waals surface area contributed by atoms with E-state index >= 15 is 0 Å².